The van der Waals surface area contributed by atoms with Crippen LogP contribution in [0.2, 0.25) is 5.02 Å². The van der Waals surface area contributed by atoms with Gasteiger partial charge in [-0.1, -0.05) is 41.9 Å². The van der Waals surface area contributed by atoms with Crippen molar-refractivity contribution in [2.24, 2.45) is 0 Å². The second kappa shape index (κ2) is 5.99. The van der Waals surface area contributed by atoms with Crippen molar-refractivity contribution >= 4 is 44.7 Å². The number of hydrogen-bond acceptors (Lipinski definition) is 4. The van der Waals surface area contributed by atoms with E-state index in [1.165, 1.54) is 0 Å². The average Bonchev–Trinajstić information content (AvgIpc) is 3.02. The Morgan fingerprint density at radius 2 is 1.70 bits per heavy atom. The number of halogens is 1. The highest BCUT2D eigenvalue weighted by atomic mass is 35.5. The minimum Gasteiger partial charge on any atom is -0.340 e. The second-order valence-corrected chi connectivity index (χ2v) is 6.34. The number of fused-ring (bicyclic) bond motifs is 1. The fourth-order valence-corrected chi connectivity index (χ4v) is 3.51. The Hall–Kier alpha value is -2.43. The van der Waals surface area contributed by atoms with E-state index >= 15 is 0 Å². The van der Waals surface area contributed by atoms with Crippen LogP contribution in [0.15, 0.2) is 66.3 Å². The van der Waals surface area contributed by atoms with Crippen molar-refractivity contribution < 1.29 is 0 Å². The third-order valence-electron chi connectivity index (χ3n) is 3.56. The zero-order chi connectivity index (χ0) is 15.6. The lowest BCUT2D eigenvalue weighted by molar-refractivity contribution is 1.23. The molecule has 112 valence electrons. The Kier molecular flexibility index (Phi) is 3.69. The summed E-state index contributed by atoms with van der Waals surface area (Å²) >= 11 is 7.61. The number of rotatable bonds is 3. The summed E-state index contributed by atoms with van der Waals surface area (Å²) < 4.78 is 0. The summed E-state index contributed by atoms with van der Waals surface area (Å²) in [6.45, 7) is 0. The Labute approximate surface area is 142 Å². The van der Waals surface area contributed by atoms with Gasteiger partial charge in [0, 0.05) is 21.7 Å². The molecule has 0 aliphatic heterocycles. The van der Waals surface area contributed by atoms with Crippen molar-refractivity contribution in [1.29, 1.82) is 0 Å². The summed E-state index contributed by atoms with van der Waals surface area (Å²) in [4.78, 5) is 9.79. The van der Waals surface area contributed by atoms with Gasteiger partial charge < -0.3 is 5.32 Å². The van der Waals surface area contributed by atoms with Crippen molar-refractivity contribution in [2.75, 3.05) is 5.32 Å². The van der Waals surface area contributed by atoms with Gasteiger partial charge in [-0.25, -0.2) is 9.97 Å². The van der Waals surface area contributed by atoms with Crippen LogP contribution in [0.5, 0.6) is 0 Å². The quantitative estimate of drug-likeness (QED) is 0.516. The molecule has 0 aliphatic rings. The third-order valence-corrected chi connectivity index (χ3v) is 4.70. The van der Waals surface area contributed by atoms with E-state index in [1.807, 2.05) is 54.6 Å². The SMILES string of the molecule is Clc1ccc(-c2csc3ncnc(Nc4ccccc4)c23)cc1. The van der Waals surface area contributed by atoms with E-state index in [0.717, 1.165) is 37.9 Å². The highest BCUT2D eigenvalue weighted by Crippen LogP contribution is 2.37. The average molecular weight is 338 g/mol. The van der Waals surface area contributed by atoms with Crippen LogP contribution in [0.3, 0.4) is 0 Å². The molecule has 1 N–H and O–H groups in total. The summed E-state index contributed by atoms with van der Waals surface area (Å²) in [5.41, 5.74) is 3.22. The molecule has 2 aromatic heterocycles. The van der Waals surface area contributed by atoms with Crippen LogP contribution in [-0.4, -0.2) is 9.97 Å². The van der Waals surface area contributed by atoms with Crippen molar-refractivity contribution in [1.82, 2.24) is 9.97 Å². The van der Waals surface area contributed by atoms with Gasteiger partial charge in [0.05, 0.1) is 5.39 Å². The fourth-order valence-electron chi connectivity index (χ4n) is 2.47. The van der Waals surface area contributed by atoms with Gasteiger partial charge in [0.1, 0.15) is 17.0 Å². The van der Waals surface area contributed by atoms with E-state index in [9.17, 15) is 0 Å². The fraction of sp³-hybridized carbons (Fsp3) is 0. The molecule has 0 aliphatic carbocycles. The number of nitrogens with zero attached hydrogens (tertiary/aromatic N) is 2. The number of benzene rings is 2. The standard InChI is InChI=1S/C18H12ClN3S/c19-13-8-6-12(7-9-13)15-10-23-18-16(15)17(20-11-21-18)22-14-4-2-1-3-5-14/h1-11H,(H,20,21,22). The number of para-hydroxylation sites is 1. The van der Waals surface area contributed by atoms with Crippen LogP contribution in [0.1, 0.15) is 0 Å². The van der Waals surface area contributed by atoms with E-state index in [4.69, 9.17) is 11.6 Å². The number of thiophene rings is 1. The Morgan fingerprint density at radius 3 is 2.48 bits per heavy atom. The number of nitrogens with one attached hydrogen (secondary N) is 1. The van der Waals surface area contributed by atoms with Crippen LogP contribution < -0.4 is 5.32 Å². The predicted molar refractivity (Wildman–Crippen MR) is 97.6 cm³/mol. The summed E-state index contributed by atoms with van der Waals surface area (Å²) in [6, 6.07) is 17.8. The largest absolute Gasteiger partial charge is 0.340 e. The molecule has 2 heterocycles. The van der Waals surface area contributed by atoms with Crippen molar-refractivity contribution in [2.45, 2.75) is 0 Å². The highest BCUT2D eigenvalue weighted by Gasteiger charge is 2.13. The van der Waals surface area contributed by atoms with E-state index < -0.39 is 0 Å². The Morgan fingerprint density at radius 1 is 0.913 bits per heavy atom. The lowest BCUT2D eigenvalue weighted by atomic mass is 10.1. The van der Waals surface area contributed by atoms with Gasteiger partial charge in [0.15, 0.2) is 0 Å². The maximum Gasteiger partial charge on any atom is 0.143 e. The van der Waals surface area contributed by atoms with Gasteiger partial charge in [0.2, 0.25) is 0 Å². The van der Waals surface area contributed by atoms with Crippen LogP contribution in [-0.2, 0) is 0 Å². The lowest BCUT2D eigenvalue weighted by Gasteiger charge is -2.08. The van der Waals surface area contributed by atoms with E-state index in [1.54, 1.807) is 17.7 Å². The second-order valence-electron chi connectivity index (χ2n) is 5.05. The maximum absolute atomic E-state index is 6.00. The molecule has 0 spiro atoms. The molecule has 0 bridgehead atoms. The van der Waals surface area contributed by atoms with Gasteiger partial charge in [-0.05, 0) is 29.8 Å². The molecule has 23 heavy (non-hydrogen) atoms. The smallest absolute Gasteiger partial charge is 0.143 e. The molecule has 0 atom stereocenters. The first-order chi connectivity index (χ1) is 11.3. The van der Waals surface area contributed by atoms with Gasteiger partial charge in [-0.15, -0.1) is 11.3 Å². The van der Waals surface area contributed by atoms with Crippen LogP contribution in [0.25, 0.3) is 21.3 Å². The molecule has 0 saturated carbocycles. The molecule has 2 aromatic carbocycles. The predicted octanol–water partition coefficient (Wildman–Crippen LogP) is 5.76. The van der Waals surface area contributed by atoms with Crippen LogP contribution >= 0.6 is 22.9 Å². The maximum atomic E-state index is 6.00. The minimum absolute atomic E-state index is 0.729. The number of hydrogen-bond donors (Lipinski definition) is 1. The molecule has 0 unspecified atom stereocenters. The number of anilines is 2. The molecule has 0 radical (unpaired) electrons. The van der Waals surface area contributed by atoms with Gasteiger partial charge in [-0.2, -0.15) is 0 Å². The van der Waals surface area contributed by atoms with Crippen molar-refractivity contribution in [3.63, 3.8) is 0 Å². The van der Waals surface area contributed by atoms with E-state index in [2.05, 4.69) is 20.7 Å². The van der Waals surface area contributed by atoms with Gasteiger partial charge in [0.25, 0.3) is 0 Å². The van der Waals surface area contributed by atoms with Crippen LogP contribution in [0, 0.1) is 0 Å². The zero-order valence-electron chi connectivity index (χ0n) is 12.0. The first kappa shape index (κ1) is 14.2. The molecule has 0 saturated heterocycles. The summed E-state index contributed by atoms with van der Waals surface area (Å²) in [6.07, 6.45) is 1.59. The minimum atomic E-state index is 0.729. The summed E-state index contributed by atoms with van der Waals surface area (Å²) in [5.74, 6) is 0.812. The molecular weight excluding hydrogens is 326 g/mol. The zero-order valence-corrected chi connectivity index (χ0v) is 13.6. The Balaban J connectivity index is 1.85. The van der Waals surface area contributed by atoms with Crippen LogP contribution in [0.4, 0.5) is 11.5 Å². The van der Waals surface area contributed by atoms with E-state index in [-0.39, 0.29) is 0 Å². The van der Waals surface area contributed by atoms with Gasteiger partial charge in [-0.3, -0.25) is 0 Å². The van der Waals surface area contributed by atoms with Crippen molar-refractivity contribution in [3.8, 4) is 11.1 Å². The topological polar surface area (TPSA) is 37.8 Å². The molecule has 4 rings (SSSR count). The monoisotopic (exact) mass is 337 g/mol. The molecule has 0 amide bonds. The number of aromatic nitrogens is 2. The molecule has 5 heteroatoms. The molecular formula is C18H12ClN3S. The lowest BCUT2D eigenvalue weighted by Crippen LogP contribution is -1.95. The summed E-state index contributed by atoms with van der Waals surface area (Å²) in [5, 5.41) is 7.25. The van der Waals surface area contributed by atoms with Gasteiger partial charge >= 0.3 is 0 Å². The summed E-state index contributed by atoms with van der Waals surface area (Å²) in [7, 11) is 0. The normalized spacial score (nSPS) is 10.8. The molecule has 3 nitrogen and oxygen atoms in total. The van der Waals surface area contributed by atoms with Crippen molar-refractivity contribution in [3.05, 3.63) is 71.3 Å². The first-order valence-corrected chi connectivity index (χ1v) is 8.37. The Bertz CT molecular complexity index is 949. The molecule has 0 fully saturated rings. The highest BCUT2D eigenvalue weighted by molar-refractivity contribution is 7.17. The molecule has 4 aromatic rings. The third kappa shape index (κ3) is 2.79. The first-order valence-electron chi connectivity index (χ1n) is 7.11. The van der Waals surface area contributed by atoms with E-state index in [0.29, 0.717) is 0 Å².